The quantitative estimate of drug-likeness (QED) is 0.633. The van der Waals surface area contributed by atoms with Crippen molar-refractivity contribution in [1.82, 2.24) is 15.3 Å². The van der Waals surface area contributed by atoms with Gasteiger partial charge in [0.25, 0.3) is 0 Å². The van der Waals surface area contributed by atoms with E-state index in [1.165, 1.54) is 0 Å². The first kappa shape index (κ1) is 18.9. The summed E-state index contributed by atoms with van der Waals surface area (Å²) in [6.07, 6.45) is 4.05. The van der Waals surface area contributed by atoms with E-state index in [4.69, 9.17) is 20.8 Å². The third-order valence-electron chi connectivity index (χ3n) is 3.83. The van der Waals surface area contributed by atoms with Crippen LogP contribution in [0, 0.1) is 0 Å². The Morgan fingerprint density at radius 2 is 2.04 bits per heavy atom. The molecule has 1 N–H and O–H groups in total. The normalized spacial score (nSPS) is 10.6. The van der Waals surface area contributed by atoms with Crippen LogP contribution in [0.15, 0.2) is 53.2 Å². The molecule has 7 heteroatoms. The number of pyridine rings is 1. The SMILES string of the molecule is CCOc1cc(CNC(=O)CCc2ncc(-c3ccc(Cl)cc3)o2)ccn1. The minimum Gasteiger partial charge on any atom is -0.478 e. The van der Waals surface area contributed by atoms with Crippen LogP contribution in [0.5, 0.6) is 5.88 Å². The Labute approximate surface area is 162 Å². The third-order valence-corrected chi connectivity index (χ3v) is 4.08. The summed E-state index contributed by atoms with van der Waals surface area (Å²) < 4.78 is 11.1. The van der Waals surface area contributed by atoms with Crippen molar-refractivity contribution < 1.29 is 13.9 Å². The second-order valence-electron chi connectivity index (χ2n) is 5.84. The van der Waals surface area contributed by atoms with Gasteiger partial charge >= 0.3 is 0 Å². The highest BCUT2D eigenvalue weighted by molar-refractivity contribution is 6.30. The van der Waals surface area contributed by atoms with Crippen LogP contribution in [-0.4, -0.2) is 22.5 Å². The number of aromatic nitrogens is 2. The fraction of sp³-hybridized carbons (Fsp3) is 0.250. The number of amides is 1. The van der Waals surface area contributed by atoms with Crippen LogP contribution < -0.4 is 10.1 Å². The maximum Gasteiger partial charge on any atom is 0.220 e. The minimum atomic E-state index is -0.0731. The van der Waals surface area contributed by atoms with Crippen LogP contribution in [0.1, 0.15) is 24.8 Å². The van der Waals surface area contributed by atoms with E-state index in [1.807, 2.05) is 31.2 Å². The highest BCUT2D eigenvalue weighted by Crippen LogP contribution is 2.22. The average molecular weight is 386 g/mol. The number of carbonyl (C=O) groups excluding carboxylic acids is 1. The van der Waals surface area contributed by atoms with E-state index in [2.05, 4.69) is 15.3 Å². The summed E-state index contributed by atoms with van der Waals surface area (Å²) in [6.45, 7) is 2.87. The van der Waals surface area contributed by atoms with Gasteiger partial charge in [-0.2, -0.15) is 0 Å². The lowest BCUT2D eigenvalue weighted by Gasteiger charge is -2.06. The molecule has 27 heavy (non-hydrogen) atoms. The van der Waals surface area contributed by atoms with Gasteiger partial charge in [0.2, 0.25) is 11.8 Å². The van der Waals surface area contributed by atoms with Gasteiger partial charge in [-0.3, -0.25) is 4.79 Å². The second-order valence-corrected chi connectivity index (χ2v) is 6.27. The molecule has 0 fully saturated rings. The van der Waals surface area contributed by atoms with E-state index < -0.39 is 0 Å². The minimum absolute atomic E-state index is 0.0731. The zero-order valence-corrected chi connectivity index (χ0v) is 15.7. The Balaban J connectivity index is 1.48. The molecule has 0 bridgehead atoms. The topological polar surface area (TPSA) is 77.2 Å². The number of benzene rings is 1. The van der Waals surface area contributed by atoms with Crippen molar-refractivity contribution in [2.75, 3.05) is 6.61 Å². The van der Waals surface area contributed by atoms with E-state index in [0.29, 0.717) is 48.5 Å². The van der Waals surface area contributed by atoms with Crippen LogP contribution in [0.2, 0.25) is 5.02 Å². The van der Waals surface area contributed by atoms with Crippen LogP contribution in [-0.2, 0) is 17.8 Å². The summed E-state index contributed by atoms with van der Waals surface area (Å²) in [6, 6.07) is 11.0. The van der Waals surface area contributed by atoms with Crippen LogP contribution in [0.25, 0.3) is 11.3 Å². The molecule has 0 aliphatic carbocycles. The number of halogens is 1. The lowest BCUT2D eigenvalue weighted by Crippen LogP contribution is -2.23. The van der Waals surface area contributed by atoms with Crippen molar-refractivity contribution in [2.45, 2.75) is 26.3 Å². The predicted octanol–water partition coefficient (Wildman–Crippen LogP) is 4.04. The summed E-state index contributed by atoms with van der Waals surface area (Å²) in [5.41, 5.74) is 1.83. The Kier molecular flexibility index (Phi) is 6.44. The maximum atomic E-state index is 12.1. The number of oxazole rings is 1. The largest absolute Gasteiger partial charge is 0.478 e. The van der Waals surface area contributed by atoms with Gasteiger partial charge in [-0.05, 0) is 42.8 Å². The first-order valence-electron chi connectivity index (χ1n) is 8.69. The van der Waals surface area contributed by atoms with E-state index in [9.17, 15) is 4.79 Å². The summed E-state index contributed by atoms with van der Waals surface area (Å²) in [5.74, 6) is 1.66. The fourth-order valence-corrected chi connectivity index (χ4v) is 2.60. The van der Waals surface area contributed by atoms with Crippen molar-refractivity contribution >= 4 is 17.5 Å². The molecule has 3 rings (SSSR count). The van der Waals surface area contributed by atoms with Crippen molar-refractivity contribution in [3.05, 3.63) is 65.3 Å². The maximum absolute atomic E-state index is 12.1. The molecule has 1 aromatic carbocycles. The van der Waals surface area contributed by atoms with Gasteiger partial charge < -0.3 is 14.5 Å². The van der Waals surface area contributed by atoms with Gasteiger partial charge in [0, 0.05) is 42.2 Å². The zero-order valence-electron chi connectivity index (χ0n) is 14.9. The van der Waals surface area contributed by atoms with Gasteiger partial charge in [-0.25, -0.2) is 9.97 Å². The Morgan fingerprint density at radius 3 is 2.81 bits per heavy atom. The van der Waals surface area contributed by atoms with Gasteiger partial charge in [-0.15, -0.1) is 0 Å². The van der Waals surface area contributed by atoms with Crippen LogP contribution in [0.4, 0.5) is 0 Å². The number of rotatable bonds is 8. The zero-order chi connectivity index (χ0) is 19.1. The van der Waals surface area contributed by atoms with Crippen molar-refractivity contribution in [2.24, 2.45) is 0 Å². The molecule has 0 atom stereocenters. The Hall–Kier alpha value is -2.86. The molecular weight excluding hydrogens is 366 g/mol. The smallest absolute Gasteiger partial charge is 0.220 e. The molecule has 0 spiro atoms. The van der Waals surface area contributed by atoms with Crippen molar-refractivity contribution in [1.29, 1.82) is 0 Å². The van der Waals surface area contributed by atoms with E-state index in [0.717, 1.165) is 11.1 Å². The molecular formula is C20H20ClN3O3. The first-order chi connectivity index (χ1) is 13.1. The standard InChI is InChI=1S/C20H20ClN3O3/c1-2-26-20-11-14(9-10-22-20)12-23-18(25)7-8-19-24-13-17(27-19)15-3-5-16(21)6-4-15/h3-6,9-11,13H,2,7-8,12H2,1H3,(H,23,25). The lowest BCUT2D eigenvalue weighted by molar-refractivity contribution is -0.121. The van der Waals surface area contributed by atoms with Crippen molar-refractivity contribution in [3.63, 3.8) is 0 Å². The van der Waals surface area contributed by atoms with Crippen LogP contribution in [0.3, 0.4) is 0 Å². The molecule has 6 nitrogen and oxygen atoms in total. The molecule has 0 aliphatic rings. The molecule has 140 valence electrons. The molecule has 0 saturated heterocycles. The third kappa shape index (κ3) is 5.56. The monoisotopic (exact) mass is 385 g/mol. The van der Waals surface area contributed by atoms with E-state index in [-0.39, 0.29) is 5.91 Å². The molecule has 3 aromatic rings. The molecule has 2 aromatic heterocycles. The average Bonchev–Trinajstić information content (AvgIpc) is 3.15. The van der Waals surface area contributed by atoms with E-state index >= 15 is 0 Å². The lowest BCUT2D eigenvalue weighted by atomic mass is 10.2. The number of ether oxygens (including phenoxy) is 1. The van der Waals surface area contributed by atoms with Crippen LogP contribution >= 0.6 is 11.6 Å². The Morgan fingerprint density at radius 1 is 1.22 bits per heavy atom. The fourth-order valence-electron chi connectivity index (χ4n) is 2.47. The molecule has 1 amide bonds. The van der Waals surface area contributed by atoms with Gasteiger partial charge in [-0.1, -0.05) is 11.6 Å². The second kappa shape index (κ2) is 9.19. The van der Waals surface area contributed by atoms with Gasteiger partial charge in [0.15, 0.2) is 11.7 Å². The molecule has 0 saturated carbocycles. The first-order valence-corrected chi connectivity index (χ1v) is 9.07. The summed E-state index contributed by atoms with van der Waals surface area (Å²) in [4.78, 5) is 20.4. The predicted molar refractivity (Wildman–Crippen MR) is 103 cm³/mol. The van der Waals surface area contributed by atoms with Gasteiger partial charge in [0.1, 0.15) is 0 Å². The Bertz CT molecular complexity index is 893. The number of aryl methyl sites for hydroxylation is 1. The van der Waals surface area contributed by atoms with Crippen molar-refractivity contribution in [3.8, 4) is 17.2 Å². The summed E-state index contributed by atoms with van der Waals surface area (Å²) in [7, 11) is 0. The number of nitrogens with one attached hydrogen (secondary N) is 1. The van der Waals surface area contributed by atoms with E-state index in [1.54, 1.807) is 24.5 Å². The number of hydrogen-bond acceptors (Lipinski definition) is 5. The molecule has 0 unspecified atom stereocenters. The number of carbonyl (C=O) groups is 1. The number of nitrogens with zero attached hydrogens (tertiary/aromatic N) is 2. The molecule has 0 radical (unpaired) electrons. The summed E-state index contributed by atoms with van der Waals surface area (Å²) >= 11 is 5.89. The highest BCUT2D eigenvalue weighted by Gasteiger charge is 2.09. The molecule has 2 heterocycles. The summed E-state index contributed by atoms with van der Waals surface area (Å²) in [5, 5.41) is 3.54. The number of hydrogen-bond donors (Lipinski definition) is 1. The highest BCUT2D eigenvalue weighted by atomic mass is 35.5. The molecule has 0 aliphatic heterocycles. The van der Waals surface area contributed by atoms with Gasteiger partial charge in [0.05, 0.1) is 12.8 Å².